The molecule has 1 aliphatic heterocycles. The van der Waals surface area contributed by atoms with Crippen LogP contribution < -0.4 is 15.2 Å². The predicted octanol–water partition coefficient (Wildman–Crippen LogP) is 1.99. The Hall–Kier alpha value is -1.38. The summed E-state index contributed by atoms with van der Waals surface area (Å²) in [5.74, 6) is 1.61. The molecule has 1 aliphatic rings. The maximum atomic E-state index is 5.86. The van der Waals surface area contributed by atoms with Crippen LogP contribution in [0, 0.1) is 0 Å². The van der Waals surface area contributed by atoms with Crippen LogP contribution in [-0.4, -0.2) is 12.7 Å². The van der Waals surface area contributed by atoms with Gasteiger partial charge in [0.15, 0.2) is 0 Å². The summed E-state index contributed by atoms with van der Waals surface area (Å²) in [5, 5.41) is 0. The van der Waals surface area contributed by atoms with Crippen LogP contribution in [0.5, 0.6) is 11.5 Å². The number of hydrogen-bond acceptors (Lipinski definition) is 3. The van der Waals surface area contributed by atoms with Crippen molar-refractivity contribution in [3.05, 3.63) is 17.7 Å². The lowest BCUT2D eigenvalue weighted by Gasteiger charge is -2.17. The third-order valence-electron chi connectivity index (χ3n) is 2.40. The minimum Gasteiger partial charge on any atom is -0.497 e. The molecule has 2 N–H and O–H groups in total. The van der Waals surface area contributed by atoms with E-state index in [2.05, 4.69) is 13.8 Å². The van der Waals surface area contributed by atoms with Crippen molar-refractivity contribution in [1.82, 2.24) is 0 Å². The molecule has 0 radical (unpaired) electrons. The Morgan fingerprint density at radius 2 is 2.14 bits per heavy atom. The van der Waals surface area contributed by atoms with Crippen LogP contribution in [0.1, 0.15) is 19.4 Å². The molecular weight excluding hydrogens is 178 g/mol. The SMILES string of the molecule is COc1cc(N)c2c(c1)CC(C)(C)O2. The highest BCUT2D eigenvalue weighted by atomic mass is 16.5. The number of rotatable bonds is 1. The van der Waals surface area contributed by atoms with E-state index in [1.54, 1.807) is 13.2 Å². The van der Waals surface area contributed by atoms with Crippen molar-refractivity contribution in [3.8, 4) is 11.5 Å². The van der Waals surface area contributed by atoms with E-state index < -0.39 is 0 Å². The number of ether oxygens (including phenoxy) is 2. The Balaban J connectivity index is 2.47. The van der Waals surface area contributed by atoms with Gasteiger partial charge in [-0.05, 0) is 19.9 Å². The second-order valence-electron chi connectivity index (χ2n) is 4.24. The minimum absolute atomic E-state index is 0.150. The summed E-state index contributed by atoms with van der Waals surface area (Å²) in [6.07, 6.45) is 0.879. The van der Waals surface area contributed by atoms with Gasteiger partial charge in [-0.3, -0.25) is 0 Å². The normalized spacial score (nSPS) is 17.4. The lowest BCUT2D eigenvalue weighted by atomic mass is 10.0. The van der Waals surface area contributed by atoms with Gasteiger partial charge in [-0.25, -0.2) is 0 Å². The molecule has 3 heteroatoms. The first-order chi connectivity index (χ1) is 6.52. The highest BCUT2D eigenvalue weighted by Crippen LogP contribution is 2.41. The Morgan fingerprint density at radius 1 is 1.43 bits per heavy atom. The van der Waals surface area contributed by atoms with Crippen molar-refractivity contribution in [2.24, 2.45) is 0 Å². The lowest BCUT2D eigenvalue weighted by Crippen LogP contribution is -2.24. The quantitative estimate of drug-likeness (QED) is 0.694. The molecule has 0 spiro atoms. The van der Waals surface area contributed by atoms with Crippen LogP contribution in [0.2, 0.25) is 0 Å². The number of nitrogens with two attached hydrogens (primary N) is 1. The molecule has 0 amide bonds. The molecule has 1 aromatic carbocycles. The lowest BCUT2D eigenvalue weighted by molar-refractivity contribution is 0.139. The summed E-state index contributed by atoms with van der Waals surface area (Å²) < 4.78 is 10.9. The smallest absolute Gasteiger partial charge is 0.146 e. The van der Waals surface area contributed by atoms with E-state index in [1.165, 1.54) is 0 Å². The first-order valence-electron chi connectivity index (χ1n) is 4.67. The van der Waals surface area contributed by atoms with E-state index in [0.29, 0.717) is 5.69 Å². The molecule has 0 unspecified atom stereocenters. The van der Waals surface area contributed by atoms with Crippen molar-refractivity contribution in [2.45, 2.75) is 25.9 Å². The topological polar surface area (TPSA) is 44.5 Å². The standard InChI is InChI=1S/C11H15NO2/c1-11(2)6-7-4-8(13-3)5-9(12)10(7)14-11/h4-5H,6,12H2,1-3H3. The average Bonchev–Trinajstić information content (AvgIpc) is 2.40. The van der Waals surface area contributed by atoms with Gasteiger partial charge >= 0.3 is 0 Å². The molecule has 0 aliphatic carbocycles. The van der Waals surface area contributed by atoms with Gasteiger partial charge in [-0.1, -0.05) is 0 Å². The zero-order chi connectivity index (χ0) is 10.3. The van der Waals surface area contributed by atoms with E-state index in [-0.39, 0.29) is 5.60 Å². The summed E-state index contributed by atoms with van der Waals surface area (Å²) in [6.45, 7) is 4.11. The van der Waals surface area contributed by atoms with Crippen molar-refractivity contribution >= 4 is 5.69 Å². The molecular formula is C11H15NO2. The number of fused-ring (bicyclic) bond motifs is 1. The first kappa shape index (κ1) is 9.19. The molecule has 0 aromatic heterocycles. The van der Waals surface area contributed by atoms with Gasteiger partial charge in [0.1, 0.15) is 17.1 Å². The molecule has 0 saturated carbocycles. The predicted molar refractivity (Wildman–Crippen MR) is 55.8 cm³/mol. The van der Waals surface area contributed by atoms with Crippen molar-refractivity contribution in [3.63, 3.8) is 0 Å². The number of methoxy groups -OCH3 is 1. The van der Waals surface area contributed by atoms with Crippen LogP contribution in [0.15, 0.2) is 12.1 Å². The summed E-state index contributed by atoms with van der Waals surface area (Å²) >= 11 is 0. The zero-order valence-electron chi connectivity index (χ0n) is 8.76. The van der Waals surface area contributed by atoms with Crippen LogP contribution in [-0.2, 0) is 6.42 Å². The van der Waals surface area contributed by atoms with Crippen molar-refractivity contribution in [2.75, 3.05) is 12.8 Å². The van der Waals surface area contributed by atoms with E-state index in [4.69, 9.17) is 15.2 Å². The Kier molecular flexibility index (Phi) is 1.84. The third-order valence-corrected chi connectivity index (χ3v) is 2.40. The monoisotopic (exact) mass is 193 g/mol. The van der Waals surface area contributed by atoms with Gasteiger partial charge in [0, 0.05) is 18.1 Å². The second kappa shape index (κ2) is 2.80. The Labute approximate surface area is 83.8 Å². The molecule has 3 nitrogen and oxygen atoms in total. The van der Waals surface area contributed by atoms with Crippen LogP contribution in [0.3, 0.4) is 0 Å². The zero-order valence-corrected chi connectivity index (χ0v) is 8.76. The molecule has 0 fully saturated rings. The van der Waals surface area contributed by atoms with E-state index in [9.17, 15) is 0 Å². The van der Waals surface area contributed by atoms with Gasteiger partial charge in [0.25, 0.3) is 0 Å². The largest absolute Gasteiger partial charge is 0.497 e. The fraction of sp³-hybridized carbons (Fsp3) is 0.455. The minimum atomic E-state index is -0.150. The molecule has 76 valence electrons. The van der Waals surface area contributed by atoms with Gasteiger partial charge in [-0.15, -0.1) is 0 Å². The molecule has 0 atom stereocenters. The van der Waals surface area contributed by atoms with Crippen molar-refractivity contribution < 1.29 is 9.47 Å². The highest BCUT2D eigenvalue weighted by molar-refractivity contribution is 5.62. The summed E-state index contributed by atoms with van der Waals surface area (Å²) in [7, 11) is 1.64. The van der Waals surface area contributed by atoms with E-state index >= 15 is 0 Å². The number of hydrogen-bond donors (Lipinski definition) is 1. The average molecular weight is 193 g/mol. The van der Waals surface area contributed by atoms with Gasteiger partial charge in [-0.2, -0.15) is 0 Å². The molecule has 14 heavy (non-hydrogen) atoms. The number of benzene rings is 1. The molecule has 0 bridgehead atoms. The van der Waals surface area contributed by atoms with Crippen LogP contribution in [0.4, 0.5) is 5.69 Å². The number of nitrogen functional groups attached to an aromatic ring is 1. The van der Waals surface area contributed by atoms with E-state index in [1.807, 2.05) is 6.07 Å². The van der Waals surface area contributed by atoms with Gasteiger partial charge in [0.2, 0.25) is 0 Å². The molecule has 0 saturated heterocycles. The van der Waals surface area contributed by atoms with Crippen LogP contribution >= 0.6 is 0 Å². The van der Waals surface area contributed by atoms with Gasteiger partial charge < -0.3 is 15.2 Å². The summed E-state index contributed by atoms with van der Waals surface area (Å²) in [6, 6.07) is 3.78. The van der Waals surface area contributed by atoms with Gasteiger partial charge in [0.05, 0.1) is 12.8 Å². The van der Waals surface area contributed by atoms with E-state index in [0.717, 1.165) is 23.5 Å². The fourth-order valence-corrected chi connectivity index (χ4v) is 1.83. The van der Waals surface area contributed by atoms with Crippen molar-refractivity contribution in [1.29, 1.82) is 0 Å². The maximum absolute atomic E-state index is 5.86. The first-order valence-corrected chi connectivity index (χ1v) is 4.67. The maximum Gasteiger partial charge on any atom is 0.146 e. The summed E-state index contributed by atoms with van der Waals surface area (Å²) in [5.41, 5.74) is 7.50. The molecule has 1 heterocycles. The third kappa shape index (κ3) is 1.39. The Bertz CT molecular complexity index is 372. The second-order valence-corrected chi connectivity index (χ2v) is 4.24. The Morgan fingerprint density at radius 3 is 2.79 bits per heavy atom. The fourth-order valence-electron chi connectivity index (χ4n) is 1.83. The number of anilines is 1. The highest BCUT2D eigenvalue weighted by Gasteiger charge is 2.31. The molecule has 1 aromatic rings. The van der Waals surface area contributed by atoms with Crippen LogP contribution in [0.25, 0.3) is 0 Å². The summed E-state index contributed by atoms with van der Waals surface area (Å²) in [4.78, 5) is 0. The molecule has 2 rings (SSSR count).